The Kier molecular flexibility index (Phi) is 3.06. The molecule has 76 valence electrons. The second-order valence-electron chi connectivity index (χ2n) is 3.10. The Hall–Kier alpha value is -1.58. The Bertz CT molecular complexity index is 454. The second-order valence-corrected chi connectivity index (χ2v) is 3.10. The van der Waals surface area contributed by atoms with E-state index in [9.17, 15) is 9.59 Å². The van der Waals surface area contributed by atoms with Crippen molar-refractivity contribution in [3.8, 4) is 0 Å². The summed E-state index contributed by atoms with van der Waals surface area (Å²) in [5.74, 6) is 0. The van der Waals surface area contributed by atoms with Gasteiger partial charge in [0.1, 0.15) is 0 Å². The zero-order valence-electron chi connectivity index (χ0n) is 8.49. The van der Waals surface area contributed by atoms with E-state index in [1.807, 2.05) is 6.92 Å². The van der Waals surface area contributed by atoms with Crippen LogP contribution in [0.4, 0.5) is 0 Å². The maximum Gasteiger partial charge on any atom is 0.331 e. The molecule has 0 unspecified atom stereocenters. The van der Waals surface area contributed by atoms with Gasteiger partial charge < -0.3 is 0 Å². The van der Waals surface area contributed by atoms with Crippen LogP contribution in [0.15, 0.2) is 28.4 Å². The predicted octanol–water partition coefficient (Wildman–Crippen LogP) is 0.295. The topological polar surface area (TPSA) is 44.0 Å². The van der Waals surface area contributed by atoms with Crippen LogP contribution in [0.5, 0.6) is 0 Å². The molecule has 4 nitrogen and oxygen atoms in total. The minimum absolute atomic E-state index is 0.210. The molecule has 0 aliphatic rings. The van der Waals surface area contributed by atoms with E-state index in [0.717, 1.165) is 4.57 Å². The van der Waals surface area contributed by atoms with E-state index < -0.39 is 0 Å². The number of rotatable bonds is 3. The first kappa shape index (κ1) is 10.5. The van der Waals surface area contributed by atoms with Gasteiger partial charge in [-0.1, -0.05) is 13.0 Å². The van der Waals surface area contributed by atoms with Crippen molar-refractivity contribution in [3.63, 3.8) is 0 Å². The van der Waals surface area contributed by atoms with Gasteiger partial charge in [-0.05, 0) is 6.42 Å². The molecule has 1 heterocycles. The highest BCUT2D eigenvalue weighted by Crippen LogP contribution is 1.90. The van der Waals surface area contributed by atoms with Crippen LogP contribution in [0, 0.1) is 0 Å². The average molecular weight is 194 g/mol. The largest absolute Gasteiger partial charge is 0.331 e. The van der Waals surface area contributed by atoms with E-state index in [0.29, 0.717) is 18.5 Å². The third kappa shape index (κ3) is 1.69. The summed E-state index contributed by atoms with van der Waals surface area (Å²) in [6.45, 7) is 5.88. The van der Waals surface area contributed by atoms with Gasteiger partial charge in [0.25, 0.3) is 5.56 Å². The molecular formula is C10H14N2O2. The number of nitrogens with zero attached hydrogens (tertiary/aromatic N) is 2. The molecule has 0 aliphatic carbocycles. The quantitative estimate of drug-likeness (QED) is 0.649. The number of hydrogen-bond donors (Lipinski definition) is 0. The van der Waals surface area contributed by atoms with Gasteiger partial charge in [0.05, 0.1) is 0 Å². The van der Waals surface area contributed by atoms with E-state index in [4.69, 9.17) is 0 Å². The van der Waals surface area contributed by atoms with Crippen molar-refractivity contribution in [1.82, 2.24) is 9.13 Å². The Balaban J connectivity index is 3.48. The Morgan fingerprint density at radius 1 is 1.50 bits per heavy atom. The molecule has 1 rings (SSSR count). The first-order chi connectivity index (χ1) is 6.61. The molecule has 1 aromatic rings. The first-order valence-electron chi connectivity index (χ1n) is 4.52. The predicted molar refractivity (Wildman–Crippen MR) is 55.5 cm³/mol. The molecule has 0 fully saturated rings. The highest BCUT2D eigenvalue weighted by atomic mass is 16.2. The molecule has 0 bridgehead atoms. The Morgan fingerprint density at radius 2 is 2.14 bits per heavy atom. The van der Waals surface area contributed by atoms with Crippen LogP contribution in [0.3, 0.4) is 0 Å². The lowest BCUT2D eigenvalue weighted by Gasteiger charge is -2.06. The van der Waals surface area contributed by atoms with Crippen LogP contribution in [-0.4, -0.2) is 9.13 Å². The molecule has 0 amide bonds. The Labute approximate surface area is 82.1 Å². The summed E-state index contributed by atoms with van der Waals surface area (Å²) in [7, 11) is 1.49. The van der Waals surface area contributed by atoms with E-state index >= 15 is 0 Å². The van der Waals surface area contributed by atoms with Crippen molar-refractivity contribution in [2.75, 3.05) is 0 Å². The lowest BCUT2D eigenvalue weighted by molar-refractivity contribution is 0.641. The van der Waals surface area contributed by atoms with Crippen LogP contribution >= 0.6 is 0 Å². The maximum absolute atomic E-state index is 11.5. The van der Waals surface area contributed by atoms with Crippen molar-refractivity contribution in [3.05, 3.63) is 45.3 Å². The smallest absolute Gasteiger partial charge is 0.296 e. The number of aromatic nitrogens is 2. The van der Waals surface area contributed by atoms with Gasteiger partial charge in [0.2, 0.25) is 0 Å². The summed E-state index contributed by atoms with van der Waals surface area (Å²) < 4.78 is 2.61. The molecule has 0 radical (unpaired) electrons. The SMILES string of the molecule is C=CCn1cc(CC)c(=O)n(C)c1=O. The second kappa shape index (κ2) is 4.09. The van der Waals surface area contributed by atoms with Crippen LogP contribution < -0.4 is 11.2 Å². The van der Waals surface area contributed by atoms with Crippen molar-refractivity contribution in [2.45, 2.75) is 19.9 Å². The van der Waals surface area contributed by atoms with E-state index in [1.54, 1.807) is 12.3 Å². The zero-order chi connectivity index (χ0) is 10.7. The fourth-order valence-corrected chi connectivity index (χ4v) is 1.31. The Morgan fingerprint density at radius 3 is 2.64 bits per heavy atom. The summed E-state index contributed by atoms with van der Waals surface area (Å²) in [6.07, 6.45) is 3.86. The maximum atomic E-state index is 11.5. The molecular weight excluding hydrogens is 180 g/mol. The third-order valence-corrected chi connectivity index (χ3v) is 2.13. The number of allylic oxidation sites excluding steroid dienone is 1. The standard InChI is InChI=1S/C10H14N2O2/c1-4-6-12-7-8(5-2)9(13)11(3)10(12)14/h4,7H,1,5-6H2,2-3H3. The fraction of sp³-hybridized carbons (Fsp3) is 0.400. The van der Waals surface area contributed by atoms with E-state index in [-0.39, 0.29) is 11.2 Å². The van der Waals surface area contributed by atoms with Crippen molar-refractivity contribution >= 4 is 0 Å². The number of hydrogen-bond acceptors (Lipinski definition) is 2. The van der Waals surface area contributed by atoms with Gasteiger partial charge in [-0.2, -0.15) is 0 Å². The third-order valence-electron chi connectivity index (χ3n) is 2.13. The lowest BCUT2D eigenvalue weighted by Crippen LogP contribution is -2.39. The van der Waals surface area contributed by atoms with Gasteiger partial charge in [-0.25, -0.2) is 4.79 Å². The summed E-state index contributed by atoms with van der Waals surface area (Å²) >= 11 is 0. The van der Waals surface area contributed by atoms with Crippen LogP contribution in [0.2, 0.25) is 0 Å². The number of aryl methyl sites for hydroxylation is 1. The van der Waals surface area contributed by atoms with Gasteiger partial charge in [-0.15, -0.1) is 6.58 Å². The molecule has 0 aliphatic heterocycles. The molecule has 1 aromatic heterocycles. The van der Waals surface area contributed by atoms with Crippen LogP contribution in [0.25, 0.3) is 0 Å². The molecule has 0 N–H and O–H groups in total. The molecule has 0 atom stereocenters. The summed E-state index contributed by atoms with van der Waals surface area (Å²) in [5.41, 5.74) is 0.138. The van der Waals surface area contributed by atoms with Crippen molar-refractivity contribution in [2.24, 2.45) is 7.05 Å². The minimum Gasteiger partial charge on any atom is -0.296 e. The first-order valence-corrected chi connectivity index (χ1v) is 4.52. The average Bonchev–Trinajstić information content (AvgIpc) is 2.19. The minimum atomic E-state index is -0.299. The molecule has 14 heavy (non-hydrogen) atoms. The zero-order valence-corrected chi connectivity index (χ0v) is 8.49. The van der Waals surface area contributed by atoms with Gasteiger partial charge in [0.15, 0.2) is 0 Å². The van der Waals surface area contributed by atoms with E-state index in [1.165, 1.54) is 11.6 Å². The highest BCUT2D eigenvalue weighted by Gasteiger charge is 2.05. The van der Waals surface area contributed by atoms with Crippen LogP contribution in [0.1, 0.15) is 12.5 Å². The molecule has 0 spiro atoms. The monoisotopic (exact) mass is 194 g/mol. The molecule has 0 aromatic carbocycles. The molecule has 0 saturated carbocycles. The van der Waals surface area contributed by atoms with Gasteiger partial charge in [0, 0.05) is 25.4 Å². The summed E-state index contributed by atoms with van der Waals surface area (Å²) in [5, 5.41) is 0. The van der Waals surface area contributed by atoms with Gasteiger partial charge >= 0.3 is 5.69 Å². The highest BCUT2D eigenvalue weighted by molar-refractivity contribution is 5.05. The fourth-order valence-electron chi connectivity index (χ4n) is 1.31. The molecule has 4 heteroatoms. The van der Waals surface area contributed by atoms with Crippen LogP contribution in [-0.2, 0) is 20.0 Å². The van der Waals surface area contributed by atoms with Crippen molar-refractivity contribution < 1.29 is 0 Å². The van der Waals surface area contributed by atoms with Crippen molar-refractivity contribution in [1.29, 1.82) is 0 Å². The lowest BCUT2D eigenvalue weighted by atomic mass is 10.2. The van der Waals surface area contributed by atoms with E-state index in [2.05, 4.69) is 6.58 Å². The summed E-state index contributed by atoms with van der Waals surface area (Å²) in [4.78, 5) is 23.0. The molecule has 0 saturated heterocycles. The van der Waals surface area contributed by atoms with Gasteiger partial charge in [-0.3, -0.25) is 13.9 Å². The normalized spacial score (nSPS) is 10.1. The summed E-state index contributed by atoms with van der Waals surface area (Å²) in [6, 6.07) is 0.